The van der Waals surface area contributed by atoms with Crippen LogP contribution in [0.2, 0.25) is 0 Å². The van der Waals surface area contributed by atoms with Crippen LogP contribution < -0.4 is 18.9 Å². The van der Waals surface area contributed by atoms with Gasteiger partial charge in [0.1, 0.15) is 0 Å². The predicted molar refractivity (Wildman–Crippen MR) is 91.0 cm³/mol. The Morgan fingerprint density at radius 1 is 0.720 bits per heavy atom. The summed E-state index contributed by atoms with van der Waals surface area (Å²) in [5, 5.41) is 17.8. The number of ether oxygens (including phenoxy) is 4. The molecule has 6 nitrogen and oxygen atoms in total. The van der Waals surface area contributed by atoms with Crippen LogP contribution in [0.5, 0.6) is 23.0 Å². The van der Waals surface area contributed by atoms with Gasteiger partial charge in [-0.3, -0.25) is 0 Å². The quantitative estimate of drug-likeness (QED) is 0.687. The number of rotatable bonds is 8. The van der Waals surface area contributed by atoms with Gasteiger partial charge in [-0.1, -0.05) is 0 Å². The maximum absolute atomic E-state index is 8.89. The fourth-order valence-electron chi connectivity index (χ4n) is 2.14. The van der Waals surface area contributed by atoms with Crippen LogP contribution in [-0.2, 0) is 0 Å². The summed E-state index contributed by atoms with van der Waals surface area (Å²) >= 11 is 0. The fourth-order valence-corrected chi connectivity index (χ4v) is 2.14. The minimum Gasteiger partial charge on any atom is -0.493 e. The lowest BCUT2D eigenvalue weighted by Crippen LogP contribution is -2.06. The van der Waals surface area contributed by atoms with E-state index in [1.54, 1.807) is 36.4 Å². The molecule has 0 spiro atoms. The van der Waals surface area contributed by atoms with Crippen LogP contribution in [0.3, 0.4) is 0 Å². The van der Waals surface area contributed by atoms with E-state index in [0.29, 0.717) is 53.8 Å². The zero-order chi connectivity index (χ0) is 18.1. The second-order valence-corrected chi connectivity index (χ2v) is 5.01. The molecule has 0 aromatic heterocycles. The van der Waals surface area contributed by atoms with Crippen molar-refractivity contribution < 1.29 is 18.9 Å². The molecule has 0 aliphatic carbocycles. The Kier molecular flexibility index (Phi) is 6.50. The van der Waals surface area contributed by atoms with E-state index in [-0.39, 0.29) is 0 Å². The molecule has 128 valence electrons. The summed E-state index contributed by atoms with van der Waals surface area (Å²) in [6, 6.07) is 14.1. The number of benzene rings is 2. The lowest BCUT2D eigenvalue weighted by Gasteiger charge is -2.12. The van der Waals surface area contributed by atoms with Crippen molar-refractivity contribution in [3.05, 3.63) is 47.5 Å². The molecule has 0 N–H and O–H groups in total. The molecule has 0 saturated carbocycles. The number of hydrogen-bond donors (Lipinski definition) is 0. The molecule has 0 heterocycles. The van der Waals surface area contributed by atoms with E-state index >= 15 is 0 Å². The Bertz CT molecular complexity index is 739. The van der Waals surface area contributed by atoms with Crippen molar-refractivity contribution in [3.8, 4) is 35.1 Å². The maximum Gasteiger partial charge on any atom is 0.162 e. The topological polar surface area (TPSA) is 84.5 Å². The normalized spacial score (nSPS) is 9.60. The monoisotopic (exact) mass is 338 g/mol. The molecule has 0 saturated heterocycles. The Labute approximate surface area is 146 Å². The number of hydrogen-bond acceptors (Lipinski definition) is 6. The minimum atomic E-state index is 0.431. The first kappa shape index (κ1) is 18.0. The summed E-state index contributed by atoms with van der Waals surface area (Å²) in [5.41, 5.74) is 1.03. The van der Waals surface area contributed by atoms with Crippen molar-refractivity contribution in [1.29, 1.82) is 10.5 Å². The number of nitriles is 2. The van der Waals surface area contributed by atoms with Crippen LogP contribution in [0.15, 0.2) is 36.4 Å². The zero-order valence-corrected chi connectivity index (χ0v) is 14.1. The third-order valence-corrected chi connectivity index (χ3v) is 3.39. The summed E-state index contributed by atoms with van der Waals surface area (Å²) in [6.45, 7) is 0.863. The predicted octanol–water partition coefficient (Wildman–Crippen LogP) is 3.30. The van der Waals surface area contributed by atoms with Crippen molar-refractivity contribution in [2.75, 3.05) is 27.4 Å². The van der Waals surface area contributed by atoms with Gasteiger partial charge in [-0.25, -0.2) is 0 Å². The molecule has 25 heavy (non-hydrogen) atoms. The summed E-state index contributed by atoms with van der Waals surface area (Å²) < 4.78 is 21.8. The Morgan fingerprint density at radius 2 is 1.16 bits per heavy atom. The fraction of sp³-hybridized carbons (Fsp3) is 0.263. The molecule has 0 atom stereocenters. The van der Waals surface area contributed by atoms with Gasteiger partial charge in [0.05, 0.1) is 50.7 Å². The highest BCUT2D eigenvalue weighted by molar-refractivity contribution is 5.47. The van der Waals surface area contributed by atoms with Crippen LogP contribution in [0, 0.1) is 22.7 Å². The van der Waals surface area contributed by atoms with Crippen LogP contribution in [0.25, 0.3) is 0 Å². The van der Waals surface area contributed by atoms with Crippen molar-refractivity contribution >= 4 is 0 Å². The molecule has 0 bridgehead atoms. The molecule has 0 aliphatic rings. The Balaban J connectivity index is 1.85. The summed E-state index contributed by atoms with van der Waals surface area (Å²) in [7, 11) is 3.06. The Hall–Kier alpha value is -3.38. The number of nitrogens with zero attached hydrogens (tertiary/aromatic N) is 2. The molecular formula is C19H18N2O4. The highest BCUT2D eigenvalue weighted by Gasteiger charge is 2.07. The molecule has 2 aromatic carbocycles. The van der Waals surface area contributed by atoms with E-state index in [1.165, 1.54) is 14.2 Å². The van der Waals surface area contributed by atoms with E-state index in [4.69, 9.17) is 29.5 Å². The van der Waals surface area contributed by atoms with Gasteiger partial charge < -0.3 is 18.9 Å². The van der Waals surface area contributed by atoms with Gasteiger partial charge in [0.25, 0.3) is 0 Å². The summed E-state index contributed by atoms with van der Waals surface area (Å²) in [5.74, 6) is 2.21. The van der Waals surface area contributed by atoms with Crippen LogP contribution in [0.1, 0.15) is 17.5 Å². The van der Waals surface area contributed by atoms with Gasteiger partial charge in [-0.05, 0) is 24.3 Å². The van der Waals surface area contributed by atoms with E-state index in [1.807, 2.05) is 0 Å². The molecular weight excluding hydrogens is 320 g/mol. The van der Waals surface area contributed by atoms with Gasteiger partial charge in [0.2, 0.25) is 0 Å². The highest BCUT2D eigenvalue weighted by Crippen LogP contribution is 2.29. The smallest absolute Gasteiger partial charge is 0.162 e. The second kappa shape index (κ2) is 9.05. The SMILES string of the molecule is COc1cc(C#N)ccc1OCCCOc1ccc(C#N)cc1OC. The minimum absolute atomic E-state index is 0.431. The zero-order valence-electron chi connectivity index (χ0n) is 14.1. The first-order valence-electron chi connectivity index (χ1n) is 7.63. The standard InChI is InChI=1S/C19H18N2O4/c1-22-18-10-14(12-20)4-6-16(18)24-8-3-9-25-17-7-5-15(13-21)11-19(17)23-2/h4-7,10-11H,3,8-9H2,1-2H3. The molecule has 0 fully saturated rings. The largest absolute Gasteiger partial charge is 0.493 e. The third-order valence-electron chi connectivity index (χ3n) is 3.39. The third kappa shape index (κ3) is 4.79. The van der Waals surface area contributed by atoms with Gasteiger partial charge >= 0.3 is 0 Å². The molecule has 6 heteroatoms. The van der Waals surface area contributed by atoms with E-state index < -0.39 is 0 Å². The Morgan fingerprint density at radius 3 is 1.52 bits per heavy atom. The van der Waals surface area contributed by atoms with E-state index in [9.17, 15) is 0 Å². The lowest BCUT2D eigenvalue weighted by atomic mass is 10.2. The van der Waals surface area contributed by atoms with Crippen molar-refractivity contribution in [1.82, 2.24) is 0 Å². The van der Waals surface area contributed by atoms with Gasteiger partial charge in [0, 0.05) is 18.6 Å². The van der Waals surface area contributed by atoms with Crippen LogP contribution in [0.4, 0.5) is 0 Å². The second-order valence-electron chi connectivity index (χ2n) is 5.01. The summed E-state index contributed by atoms with van der Waals surface area (Å²) in [4.78, 5) is 0. The number of methoxy groups -OCH3 is 2. The first-order chi connectivity index (χ1) is 12.2. The average Bonchev–Trinajstić information content (AvgIpc) is 2.67. The van der Waals surface area contributed by atoms with Crippen LogP contribution in [-0.4, -0.2) is 27.4 Å². The van der Waals surface area contributed by atoms with Crippen LogP contribution >= 0.6 is 0 Å². The van der Waals surface area contributed by atoms with Crippen molar-refractivity contribution in [2.45, 2.75) is 6.42 Å². The highest BCUT2D eigenvalue weighted by atomic mass is 16.5. The summed E-state index contributed by atoms with van der Waals surface area (Å²) in [6.07, 6.45) is 0.645. The van der Waals surface area contributed by atoms with Gasteiger partial charge in [0.15, 0.2) is 23.0 Å². The van der Waals surface area contributed by atoms with Gasteiger partial charge in [-0.2, -0.15) is 10.5 Å². The maximum atomic E-state index is 8.89. The molecule has 2 rings (SSSR count). The molecule has 2 aromatic rings. The van der Waals surface area contributed by atoms with Crippen molar-refractivity contribution in [2.24, 2.45) is 0 Å². The first-order valence-corrected chi connectivity index (χ1v) is 7.63. The van der Waals surface area contributed by atoms with E-state index in [2.05, 4.69) is 12.1 Å². The average molecular weight is 338 g/mol. The van der Waals surface area contributed by atoms with Gasteiger partial charge in [-0.15, -0.1) is 0 Å². The molecule has 0 unspecified atom stereocenters. The molecule has 0 amide bonds. The van der Waals surface area contributed by atoms with Crippen molar-refractivity contribution in [3.63, 3.8) is 0 Å². The van der Waals surface area contributed by atoms with E-state index in [0.717, 1.165) is 0 Å². The molecule has 0 aliphatic heterocycles. The molecule has 0 radical (unpaired) electrons. The lowest BCUT2D eigenvalue weighted by molar-refractivity contribution is 0.234.